The summed E-state index contributed by atoms with van der Waals surface area (Å²) in [6.45, 7) is 0. The minimum atomic E-state index is 0. The van der Waals surface area contributed by atoms with Crippen molar-refractivity contribution in [2.75, 3.05) is 0 Å². The number of hydrogen-bond acceptors (Lipinski definition) is 0. The van der Waals surface area contributed by atoms with Gasteiger partial charge in [-0.2, -0.15) is 0 Å². The summed E-state index contributed by atoms with van der Waals surface area (Å²) < 4.78 is 0. The van der Waals surface area contributed by atoms with E-state index >= 15 is 0 Å². The van der Waals surface area contributed by atoms with Crippen LogP contribution in [0.5, 0.6) is 0 Å². The molecule has 0 aliphatic rings. The average molecular weight is 250 g/mol. The van der Waals surface area contributed by atoms with Crippen molar-refractivity contribution in [1.82, 2.24) is 0 Å². The molecule has 0 unspecified atom stereocenters. The third-order valence-electron chi connectivity index (χ3n) is 0. The summed E-state index contributed by atoms with van der Waals surface area (Å²) in [5.41, 5.74) is 0. The molecule has 0 N–H and O–H groups in total. The molecule has 0 bridgehead atoms. The summed E-state index contributed by atoms with van der Waals surface area (Å²) in [7, 11) is 0. The molecular weight excluding hydrogens is 250 g/mol. The summed E-state index contributed by atoms with van der Waals surface area (Å²) in [4.78, 5) is 0. The van der Waals surface area contributed by atoms with Crippen LogP contribution in [-0.2, 0) is 42.3 Å². The molecule has 0 rings (SSSR count). The third-order valence-corrected chi connectivity index (χ3v) is 0. The van der Waals surface area contributed by atoms with Crippen molar-refractivity contribution < 1.29 is 82.2 Å². The van der Waals surface area contributed by atoms with Crippen molar-refractivity contribution >= 4 is 0 Å². The molecule has 0 spiro atoms. The van der Waals surface area contributed by atoms with Gasteiger partial charge in [0.2, 0.25) is 0 Å². The van der Waals surface area contributed by atoms with E-state index in [1.165, 1.54) is 0 Å². The molecule has 0 aliphatic heterocycles. The second-order valence-corrected chi connectivity index (χ2v) is 0. The maximum absolute atomic E-state index is 0. The van der Waals surface area contributed by atoms with Crippen LogP contribution in [0.1, 0.15) is 0 Å². The zero-order valence-corrected chi connectivity index (χ0v) is 6.23. The Bertz CT molecular complexity index is 6.85. The van der Waals surface area contributed by atoms with Crippen LogP contribution in [0.25, 0.3) is 0 Å². The van der Waals surface area contributed by atoms with Crippen LogP contribution in [0.15, 0.2) is 0 Å². The Labute approximate surface area is 80.9 Å². The number of hydrogen-bond donors (Lipinski definition) is 0. The predicted molar refractivity (Wildman–Crippen MR) is 2.06 cm³/mol. The minimum Gasteiger partial charge on any atom is -2.00 e. The Balaban J connectivity index is 0. The zero-order chi connectivity index (χ0) is 0. The van der Waals surface area contributed by atoms with Gasteiger partial charge in [0, 0.05) is 0 Å². The van der Waals surface area contributed by atoms with Crippen molar-refractivity contribution in [3.05, 3.63) is 0 Å². The van der Waals surface area contributed by atoms with Crippen molar-refractivity contribution in [1.29, 1.82) is 0 Å². The van der Waals surface area contributed by atoms with Gasteiger partial charge in [0.1, 0.15) is 0 Å². The molecule has 5 heavy (non-hydrogen) atoms. The molecule has 0 atom stereocenters. The van der Waals surface area contributed by atoms with Gasteiger partial charge in [-0.25, -0.2) is 0 Å². The van der Waals surface area contributed by atoms with E-state index in [1.807, 2.05) is 0 Å². The molecule has 0 aromatic carbocycles. The first-order valence-electron chi connectivity index (χ1n) is 0. The molecule has 0 heterocycles. The maximum Gasteiger partial charge on any atom is 3.00 e. The van der Waals surface area contributed by atoms with E-state index in [2.05, 4.69) is 0 Å². The van der Waals surface area contributed by atoms with Gasteiger partial charge in [-0.3, -0.25) is 0 Å². The second-order valence-electron chi connectivity index (χ2n) is 0. The summed E-state index contributed by atoms with van der Waals surface area (Å²) in [5.74, 6) is 0. The Morgan fingerprint density at radius 2 is 0.600 bits per heavy atom. The van der Waals surface area contributed by atoms with Crippen LogP contribution in [0, 0.1) is 39.9 Å². The van der Waals surface area contributed by atoms with Gasteiger partial charge in [-0.15, -0.1) is 0 Å². The molecule has 29 valence electrons. The van der Waals surface area contributed by atoms with Crippen LogP contribution in [-0.4, -0.2) is 0 Å². The van der Waals surface area contributed by atoms with E-state index in [-0.39, 0.29) is 82.2 Å². The fourth-order valence-electron chi connectivity index (χ4n) is 0. The zero-order valence-electron chi connectivity index (χ0n) is 2.16. The van der Waals surface area contributed by atoms with E-state index in [0.717, 1.165) is 0 Å². The SMILES string of the molecule is [Gd+3].[O-2].[O-2].[O-2].[Sc+3]. The Kier molecular flexibility index (Phi) is 441. The van der Waals surface area contributed by atoms with Crippen LogP contribution in [0.2, 0.25) is 0 Å². The van der Waals surface area contributed by atoms with E-state index in [9.17, 15) is 0 Å². The third kappa shape index (κ3) is 23.4. The van der Waals surface area contributed by atoms with Crippen molar-refractivity contribution in [3.8, 4) is 0 Å². The van der Waals surface area contributed by atoms with Crippen LogP contribution in [0.3, 0.4) is 0 Å². The van der Waals surface area contributed by atoms with E-state index in [1.54, 1.807) is 0 Å². The summed E-state index contributed by atoms with van der Waals surface area (Å²) >= 11 is 0. The van der Waals surface area contributed by atoms with Crippen molar-refractivity contribution in [3.63, 3.8) is 0 Å². The van der Waals surface area contributed by atoms with Gasteiger partial charge in [0.15, 0.2) is 0 Å². The van der Waals surface area contributed by atoms with Gasteiger partial charge >= 0.3 is 65.8 Å². The van der Waals surface area contributed by atoms with Gasteiger partial charge in [-0.1, -0.05) is 0 Å². The average Bonchev–Trinajstić information content (AvgIpc) is 0. The van der Waals surface area contributed by atoms with E-state index in [4.69, 9.17) is 0 Å². The fraction of sp³-hybridized carbons (Fsp3) is 0. The Hall–Kier alpha value is 2.07. The largest absolute Gasteiger partial charge is 3.00 e. The molecule has 3 nitrogen and oxygen atoms in total. The van der Waals surface area contributed by atoms with Gasteiger partial charge < -0.3 is 16.4 Å². The predicted octanol–water partition coefficient (Wildman–Crippen LogP) is -0.359. The fourth-order valence-corrected chi connectivity index (χ4v) is 0. The first-order chi connectivity index (χ1) is 0. The van der Waals surface area contributed by atoms with E-state index in [0.29, 0.717) is 0 Å². The molecule has 0 saturated carbocycles. The standard InChI is InChI=1S/Gd.3O.Sc/q+3;3*-2;+3. The van der Waals surface area contributed by atoms with Crippen LogP contribution < -0.4 is 0 Å². The quantitative estimate of drug-likeness (QED) is 0.562. The van der Waals surface area contributed by atoms with Gasteiger partial charge in [0.25, 0.3) is 0 Å². The first kappa shape index (κ1) is 60.6. The van der Waals surface area contributed by atoms with Crippen molar-refractivity contribution in [2.24, 2.45) is 0 Å². The molecule has 0 aromatic heterocycles. The normalized spacial score (nSPS) is 0. The van der Waals surface area contributed by atoms with Crippen molar-refractivity contribution in [2.45, 2.75) is 0 Å². The monoisotopic (exact) mass is 251 g/mol. The second kappa shape index (κ2) is 36.3. The first-order valence-corrected chi connectivity index (χ1v) is 0. The smallest absolute Gasteiger partial charge is 2.00 e. The molecule has 5 heteroatoms. The molecule has 0 amide bonds. The maximum atomic E-state index is 0. The molecule has 0 aliphatic carbocycles. The van der Waals surface area contributed by atoms with Gasteiger partial charge in [0.05, 0.1) is 0 Å². The van der Waals surface area contributed by atoms with E-state index < -0.39 is 0 Å². The minimum absolute atomic E-state index is 0. The molecule has 0 saturated heterocycles. The Morgan fingerprint density at radius 3 is 0.600 bits per heavy atom. The summed E-state index contributed by atoms with van der Waals surface area (Å²) in [6, 6.07) is 0. The molecular formula is GdO3Sc. The summed E-state index contributed by atoms with van der Waals surface area (Å²) in [5, 5.41) is 0. The van der Waals surface area contributed by atoms with Crippen LogP contribution in [0.4, 0.5) is 0 Å². The topological polar surface area (TPSA) is 85.5 Å². The summed E-state index contributed by atoms with van der Waals surface area (Å²) in [6.07, 6.45) is 0. The number of rotatable bonds is 0. The molecule has 1 radical (unpaired) electrons. The van der Waals surface area contributed by atoms with Gasteiger partial charge in [-0.05, 0) is 0 Å². The molecule has 0 aromatic rings. The Morgan fingerprint density at radius 1 is 0.600 bits per heavy atom. The van der Waals surface area contributed by atoms with Crippen LogP contribution >= 0.6 is 0 Å². The molecule has 0 fully saturated rings.